The van der Waals surface area contributed by atoms with Gasteiger partial charge in [-0.1, -0.05) is 17.7 Å². The molecular formula is C13H18ClNO2. The number of aliphatic hydroxyl groups is 2. The Morgan fingerprint density at radius 1 is 1.35 bits per heavy atom. The van der Waals surface area contributed by atoms with Gasteiger partial charge in [0.1, 0.15) is 0 Å². The minimum Gasteiger partial charge on any atom is -0.396 e. The number of anilines is 1. The second-order valence-corrected chi connectivity index (χ2v) is 4.96. The van der Waals surface area contributed by atoms with Crippen molar-refractivity contribution in [1.82, 2.24) is 0 Å². The topological polar surface area (TPSA) is 43.7 Å². The van der Waals surface area contributed by atoms with E-state index in [-0.39, 0.29) is 13.2 Å². The molecule has 0 aromatic heterocycles. The third-order valence-corrected chi connectivity index (χ3v) is 3.66. The minimum atomic E-state index is 0.0210. The predicted octanol–water partition coefficient (Wildman–Crippen LogP) is 2.04. The van der Waals surface area contributed by atoms with E-state index in [0.717, 1.165) is 37.2 Å². The van der Waals surface area contributed by atoms with Gasteiger partial charge in [-0.3, -0.25) is 0 Å². The molecular weight excluding hydrogens is 238 g/mol. The summed E-state index contributed by atoms with van der Waals surface area (Å²) in [7, 11) is 0. The molecule has 17 heavy (non-hydrogen) atoms. The molecule has 4 heteroatoms. The Morgan fingerprint density at radius 2 is 2.18 bits per heavy atom. The molecule has 0 radical (unpaired) electrons. The largest absolute Gasteiger partial charge is 0.396 e. The fraction of sp³-hybridized carbons (Fsp3) is 0.538. The maximum Gasteiger partial charge on any atom is 0.0682 e. The van der Waals surface area contributed by atoms with Crippen molar-refractivity contribution >= 4 is 17.3 Å². The standard InChI is InChI=1S/C13H18ClNO2/c14-12-7-11(9-17)1-2-13(12)15-5-3-10(8-15)4-6-16/h1-2,7,10,16-17H,3-6,8-9H2. The van der Waals surface area contributed by atoms with E-state index in [1.54, 1.807) is 0 Å². The number of halogens is 1. The van der Waals surface area contributed by atoms with E-state index in [9.17, 15) is 0 Å². The zero-order valence-electron chi connectivity index (χ0n) is 9.77. The van der Waals surface area contributed by atoms with Gasteiger partial charge in [0.05, 0.1) is 17.3 Å². The molecule has 1 fully saturated rings. The average Bonchev–Trinajstić information content (AvgIpc) is 2.78. The van der Waals surface area contributed by atoms with Crippen LogP contribution in [-0.2, 0) is 6.61 Å². The van der Waals surface area contributed by atoms with Crippen molar-refractivity contribution in [2.24, 2.45) is 5.92 Å². The molecule has 1 aliphatic rings. The van der Waals surface area contributed by atoms with Gasteiger partial charge in [0.15, 0.2) is 0 Å². The van der Waals surface area contributed by atoms with Crippen LogP contribution in [0.4, 0.5) is 5.69 Å². The van der Waals surface area contributed by atoms with Gasteiger partial charge >= 0.3 is 0 Å². The predicted molar refractivity (Wildman–Crippen MR) is 69.4 cm³/mol. The number of aliphatic hydroxyl groups excluding tert-OH is 2. The molecule has 1 saturated heterocycles. The first-order valence-corrected chi connectivity index (χ1v) is 6.37. The van der Waals surface area contributed by atoms with Gasteiger partial charge in [0, 0.05) is 19.7 Å². The first kappa shape index (κ1) is 12.7. The van der Waals surface area contributed by atoms with Crippen molar-refractivity contribution in [3.05, 3.63) is 28.8 Å². The quantitative estimate of drug-likeness (QED) is 0.865. The van der Waals surface area contributed by atoms with Crippen LogP contribution in [0.3, 0.4) is 0 Å². The summed E-state index contributed by atoms with van der Waals surface area (Å²) in [6.45, 7) is 2.23. The molecule has 2 N–H and O–H groups in total. The molecule has 1 aromatic carbocycles. The van der Waals surface area contributed by atoms with Gasteiger partial charge in [0.25, 0.3) is 0 Å². The van der Waals surface area contributed by atoms with E-state index in [1.165, 1.54) is 0 Å². The highest BCUT2D eigenvalue weighted by atomic mass is 35.5. The van der Waals surface area contributed by atoms with Crippen molar-refractivity contribution in [2.45, 2.75) is 19.4 Å². The summed E-state index contributed by atoms with van der Waals surface area (Å²) in [5.41, 5.74) is 1.87. The average molecular weight is 256 g/mol. The fourth-order valence-corrected chi connectivity index (χ4v) is 2.70. The normalized spacial score (nSPS) is 19.9. The SMILES string of the molecule is OCCC1CCN(c2ccc(CO)cc2Cl)C1. The zero-order chi connectivity index (χ0) is 12.3. The van der Waals surface area contributed by atoms with Crippen molar-refractivity contribution in [3.63, 3.8) is 0 Å². The van der Waals surface area contributed by atoms with Crippen LogP contribution >= 0.6 is 11.6 Å². The number of rotatable bonds is 4. The van der Waals surface area contributed by atoms with Crippen LogP contribution in [0.2, 0.25) is 5.02 Å². The molecule has 1 unspecified atom stereocenters. The van der Waals surface area contributed by atoms with E-state index in [0.29, 0.717) is 10.9 Å². The summed E-state index contributed by atoms with van der Waals surface area (Å²) in [5.74, 6) is 0.564. The van der Waals surface area contributed by atoms with Gasteiger partial charge in [-0.2, -0.15) is 0 Å². The second-order valence-electron chi connectivity index (χ2n) is 4.56. The Balaban J connectivity index is 2.08. The van der Waals surface area contributed by atoms with Gasteiger partial charge in [-0.25, -0.2) is 0 Å². The third kappa shape index (κ3) is 2.92. The zero-order valence-corrected chi connectivity index (χ0v) is 10.5. The maximum absolute atomic E-state index is 9.03. The van der Waals surface area contributed by atoms with Crippen LogP contribution in [0.15, 0.2) is 18.2 Å². The summed E-state index contributed by atoms with van der Waals surface area (Å²) < 4.78 is 0. The Bertz CT molecular complexity index is 384. The van der Waals surface area contributed by atoms with E-state index < -0.39 is 0 Å². The number of hydrogen-bond donors (Lipinski definition) is 2. The van der Waals surface area contributed by atoms with E-state index in [1.807, 2.05) is 18.2 Å². The Morgan fingerprint density at radius 3 is 2.82 bits per heavy atom. The van der Waals surface area contributed by atoms with Gasteiger partial charge in [-0.15, -0.1) is 0 Å². The lowest BCUT2D eigenvalue weighted by Gasteiger charge is -2.20. The van der Waals surface area contributed by atoms with Gasteiger partial charge in [-0.05, 0) is 36.5 Å². The number of benzene rings is 1. The Labute approximate surface area is 107 Å². The van der Waals surface area contributed by atoms with Gasteiger partial charge in [0.2, 0.25) is 0 Å². The second kappa shape index (κ2) is 5.71. The van der Waals surface area contributed by atoms with Crippen LogP contribution in [0.25, 0.3) is 0 Å². The smallest absolute Gasteiger partial charge is 0.0682 e. The molecule has 0 aliphatic carbocycles. The molecule has 0 bridgehead atoms. The summed E-state index contributed by atoms with van der Waals surface area (Å²) in [6, 6.07) is 5.69. The highest BCUT2D eigenvalue weighted by Crippen LogP contribution is 2.32. The van der Waals surface area contributed by atoms with E-state index in [4.69, 9.17) is 21.8 Å². The Hall–Kier alpha value is -0.770. The van der Waals surface area contributed by atoms with Crippen LogP contribution in [-0.4, -0.2) is 29.9 Å². The van der Waals surface area contributed by atoms with Crippen molar-refractivity contribution in [2.75, 3.05) is 24.6 Å². The highest BCUT2D eigenvalue weighted by molar-refractivity contribution is 6.33. The van der Waals surface area contributed by atoms with Crippen LogP contribution < -0.4 is 4.90 Å². The molecule has 1 aliphatic heterocycles. The van der Waals surface area contributed by atoms with E-state index >= 15 is 0 Å². The molecule has 2 rings (SSSR count). The molecule has 1 aromatic rings. The first-order valence-electron chi connectivity index (χ1n) is 5.99. The van der Waals surface area contributed by atoms with Crippen LogP contribution in [0.5, 0.6) is 0 Å². The minimum absolute atomic E-state index is 0.0210. The molecule has 0 saturated carbocycles. The van der Waals surface area contributed by atoms with E-state index in [2.05, 4.69) is 4.90 Å². The number of hydrogen-bond acceptors (Lipinski definition) is 3. The molecule has 3 nitrogen and oxygen atoms in total. The first-order chi connectivity index (χ1) is 8.24. The van der Waals surface area contributed by atoms with Crippen LogP contribution in [0.1, 0.15) is 18.4 Å². The summed E-state index contributed by atoms with van der Waals surface area (Å²) in [5, 5.41) is 18.7. The van der Waals surface area contributed by atoms with Crippen molar-refractivity contribution in [3.8, 4) is 0 Å². The highest BCUT2D eigenvalue weighted by Gasteiger charge is 2.23. The van der Waals surface area contributed by atoms with Crippen molar-refractivity contribution < 1.29 is 10.2 Å². The molecule has 1 heterocycles. The molecule has 0 amide bonds. The lowest BCUT2D eigenvalue weighted by Crippen LogP contribution is -2.20. The molecule has 1 atom stereocenters. The monoisotopic (exact) mass is 255 g/mol. The molecule has 0 spiro atoms. The summed E-state index contributed by atoms with van der Waals surface area (Å²) >= 11 is 6.21. The summed E-state index contributed by atoms with van der Waals surface area (Å²) in [4.78, 5) is 2.25. The third-order valence-electron chi connectivity index (χ3n) is 3.36. The number of nitrogens with zero attached hydrogens (tertiary/aromatic N) is 1. The van der Waals surface area contributed by atoms with Crippen molar-refractivity contribution in [1.29, 1.82) is 0 Å². The lowest BCUT2D eigenvalue weighted by atomic mass is 10.1. The summed E-state index contributed by atoms with van der Waals surface area (Å²) in [6.07, 6.45) is 1.97. The lowest BCUT2D eigenvalue weighted by molar-refractivity contribution is 0.263. The van der Waals surface area contributed by atoms with Gasteiger partial charge < -0.3 is 15.1 Å². The fourth-order valence-electron chi connectivity index (χ4n) is 2.37. The maximum atomic E-state index is 9.03. The van der Waals surface area contributed by atoms with Crippen LogP contribution in [0, 0.1) is 5.92 Å². The molecule has 94 valence electrons. The Kier molecular flexibility index (Phi) is 4.26.